The van der Waals surface area contributed by atoms with E-state index in [1.54, 1.807) is 12.1 Å². The standard InChI is InChI=1S/C26H27FN2O2/c27-25-11-5-4-9-21(25)17-29-16-6-10-22(18-29)26(30)28-23-12-14-24(15-13-23)31-19-20-7-2-1-3-8-20/h1-5,7-9,11-15,22H,6,10,16-19H2,(H,28,30). The van der Waals surface area contributed by atoms with Gasteiger partial charge in [-0.3, -0.25) is 9.69 Å². The molecular formula is C26H27FN2O2. The lowest BCUT2D eigenvalue weighted by atomic mass is 9.96. The average Bonchev–Trinajstić information content (AvgIpc) is 2.81. The molecule has 3 aromatic rings. The number of hydrogen-bond donors (Lipinski definition) is 1. The second-order valence-electron chi connectivity index (χ2n) is 7.95. The highest BCUT2D eigenvalue weighted by atomic mass is 19.1. The van der Waals surface area contributed by atoms with Crippen LogP contribution in [-0.4, -0.2) is 23.9 Å². The van der Waals surface area contributed by atoms with Crippen LogP contribution in [0.4, 0.5) is 10.1 Å². The maximum Gasteiger partial charge on any atom is 0.228 e. The van der Waals surface area contributed by atoms with Crippen molar-refractivity contribution in [1.82, 2.24) is 4.90 Å². The van der Waals surface area contributed by atoms with E-state index in [-0.39, 0.29) is 17.6 Å². The normalized spacial score (nSPS) is 16.6. The van der Waals surface area contributed by atoms with Crippen LogP contribution >= 0.6 is 0 Å². The number of piperidine rings is 1. The molecule has 1 N–H and O–H groups in total. The number of likely N-dealkylation sites (tertiary alicyclic amines) is 1. The van der Waals surface area contributed by atoms with Crippen LogP contribution in [0.2, 0.25) is 0 Å². The fourth-order valence-electron chi connectivity index (χ4n) is 3.90. The third-order valence-electron chi connectivity index (χ3n) is 5.60. The van der Waals surface area contributed by atoms with E-state index < -0.39 is 0 Å². The van der Waals surface area contributed by atoms with Crippen molar-refractivity contribution in [3.05, 3.63) is 95.8 Å². The lowest BCUT2D eigenvalue weighted by Crippen LogP contribution is -2.40. The van der Waals surface area contributed by atoms with Crippen LogP contribution in [0, 0.1) is 11.7 Å². The Kier molecular flexibility index (Phi) is 6.95. The SMILES string of the molecule is O=C(Nc1ccc(OCc2ccccc2)cc1)C1CCCN(Cc2ccccc2F)C1. The summed E-state index contributed by atoms with van der Waals surface area (Å²) in [7, 11) is 0. The third kappa shape index (κ3) is 5.92. The van der Waals surface area contributed by atoms with Crippen LogP contribution in [0.5, 0.6) is 5.75 Å². The molecule has 0 spiro atoms. The van der Waals surface area contributed by atoms with Crippen LogP contribution in [0.1, 0.15) is 24.0 Å². The van der Waals surface area contributed by atoms with Crippen molar-refractivity contribution in [2.45, 2.75) is 26.0 Å². The predicted molar refractivity (Wildman–Crippen MR) is 120 cm³/mol. The Morgan fingerprint density at radius 2 is 1.74 bits per heavy atom. The predicted octanol–water partition coefficient (Wildman–Crippen LogP) is 5.26. The van der Waals surface area contributed by atoms with Crippen molar-refractivity contribution in [3.63, 3.8) is 0 Å². The highest BCUT2D eigenvalue weighted by molar-refractivity contribution is 5.92. The fraction of sp³-hybridized carbons (Fsp3) is 0.269. The average molecular weight is 419 g/mol. The number of nitrogens with one attached hydrogen (secondary N) is 1. The van der Waals surface area contributed by atoms with Crippen molar-refractivity contribution in [1.29, 1.82) is 0 Å². The van der Waals surface area contributed by atoms with Gasteiger partial charge in [0.1, 0.15) is 18.2 Å². The summed E-state index contributed by atoms with van der Waals surface area (Å²) in [5.41, 5.74) is 2.54. The fourth-order valence-corrected chi connectivity index (χ4v) is 3.90. The van der Waals surface area contributed by atoms with Gasteiger partial charge in [-0.1, -0.05) is 48.5 Å². The van der Waals surface area contributed by atoms with E-state index in [0.29, 0.717) is 25.3 Å². The van der Waals surface area contributed by atoms with E-state index in [2.05, 4.69) is 10.2 Å². The summed E-state index contributed by atoms with van der Waals surface area (Å²) in [5.74, 6) is 0.477. The van der Waals surface area contributed by atoms with E-state index in [9.17, 15) is 9.18 Å². The van der Waals surface area contributed by atoms with E-state index in [0.717, 1.165) is 36.4 Å². The molecular weight excluding hydrogens is 391 g/mol. The number of halogens is 1. The quantitative estimate of drug-likeness (QED) is 0.569. The molecule has 3 aromatic carbocycles. The first-order valence-corrected chi connectivity index (χ1v) is 10.7. The van der Waals surface area contributed by atoms with Crippen molar-refractivity contribution in [2.24, 2.45) is 5.92 Å². The number of benzene rings is 3. The first-order valence-electron chi connectivity index (χ1n) is 10.7. The zero-order valence-electron chi connectivity index (χ0n) is 17.5. The maximum absolute atomic E-state index is 14.0. The molecule has 1 aliphatic rings. The molecule has 1 aliphatic heterocycles. The van der Waals surface area contributed by atoms with E-state index in [4.69, 9.17) is 4.74 Å². The number of rotatable bonds is 7. The first kappa shape index (κ1) is 21.1. The first-order chi connectivity index (χ1) is 15.2. The Bertz CT molecular complexity index is 992. The van der Waals surface area contributed by atoms with Gasteiger partial charge in [0.15, 0.2) is 0 Å². The highest BCUT2D eigenvalue weighted by Crippen LogP contribution is 2.22. The maximum atomic E-state index is 14.0. The van der Waals surface area contributed by atoms with Gasteiger partial charge >= 0.3 is 0 Å². The number of carbonyl (C=O) groups is 1. The van der Waals surface area contributed by atoms with Gasteiger partial charge in [-0.25, -0.2) is 4.39 Å². The second kappa shape index (κ2) is 10.2. The van der Waals surface area contributed by atoms with Gasteiger partial charge in [0.05, 0.1) is 5.92 Å². The van der Waals surface area contributed by atoms with Gasteiger partial charge in [-0.05, 0) is 55.3 Å². The highest BCUT2D eigenvalue weighted by Gasteiger charge is 2.26. The van der Waals surface area contributed by atoms with Crippen molar-refractivity contribution in [3.8, 4) is 5.75 Å². The van der Waals surface area contributed by atoms with Crippen molar-refractivity contribution >= 4 is 11.6 Å². The number of amides is 1. The summed E-state index contributed by atoms with van der Waals surface area (Å²) in [6.07, 6.45) is 1.77. The van der Waals surface area contributed by atoms with Crippen LogP contribution in [0.25, 0.3) is 0 Å². The zero-order valence-corrected chi connectivity index (χ0v) is 17.5. The molecule has 0 aliphatic carbocycles. The summed E-state index contributed by atoms with van der Waals surface area (Å²) < 4.78 is 19.8. The number of hydrogen-bond acceptors (Lipinski definition) is 3. The van der Waals surface area contributed by atoms with Crippen LogP contribution in [-0.2, 0) is 17.9 Å². The lowest BCUT2D eigenvalue weighted by Gasteiger charge is -2.32. The summed E-state index contributed by atoms with van der Waals surface area (Å²) in [4.78, 5) is 14.9. The number of anilines is 1. The zero-order chi connectivity index (χ0) is 21.5. The van der Waals surface area contributed by atoms with Crippen molar-refractivity contribution in [2.75, 3.05) is 18.4 Å². The summed E-state index contributed by atoms with van der Waals surface area (Å²) in [6, 6.07) is 24.3. The lowest BCUT2D eigenvalue weighted by molar-refractivity contribution is -0.121. The molecule has 4 rings (SSSR count). The molecule has 0 aromatic heterocycles. The van der Waals surface area contributed by atoms with Gasteiger partial charge in [0.2, 0.25) is 5.91 Å². The minimum Gasteiger partial charge on any atom is -0.489 e. The Balaban J connectivity index is 1.28. The molecule has 1 fully saturated rings. The summed E-state index contributed by atoms with van der Waals surface area (Å²) in [6.45, 7) is 2.56. The molecule has 1 unspecified atom stereocenters. The van der Waals surface area contributed by atoms with Crippen LogP contribution in [0.3, 0.4) is 0 Å². The molecule has 1 heterocycles. The molecule has 4 nitrogen and oxygen atoms in total. The molecule has 160 valence electrons. The Labute approximate surface area is 182 Å². The minimum atomic E-state index is -0.191. The van der Waals surface area contributed by atoms with Crippen molar-refractivity contribution < 1.29 is 13.9 Å². The molecule has 0 saturated carbocycles. The van der Waals surface area contributed by atoms with Gasteiger partial charge in [-0.15, -0.1) is 0 Å². The topological polar surface area (TPSA) is 41.6 Å². The summed E-state index contributed by atoms with van der Waals surface area (Å²) in [5, 5.41) is 3.01. The van der Waals surface area contributed by atoms with Gasteiger partial charge in [0.25, 0.3) is 0 Å². The minimum absolute atomic E-state index is 0.0104. The van der Waals surface area contributed by atoms with E-state index >= 15 is 0 Å². The molecule has 31 heavy (non-hydrogen) atoms. The second-order valence-corrected chi connectivity index (χ2v) is 7.95. The van der Waals surface area contributed by atoms with E-state index in [1.807, 2.05) is 60.7 Å². The Morgan fingerprint density at radius 3 is 2.52 bits per heavy atom. The third-order valence-corrected chi connectivity index (χ3v) is 5.60. The molecule has 1 atom stereocenters. The van der Waals surface area contributed by atoms with Crippen LogP contribution < -0.4 is 10.1 Å². The van der Waals surface area contributed by atoms with Gasteiger partial charge < -0.3 is 10.1 Å². The van der Waals surface area contributed by atoms with Crippen LogP contribution in [0.15, 0.2) is 78.9 Å². The number of ether oxygens (including phenoxy) is 1. The molecule has 1 saturated heterocycles. The molecule has 0 bridgehead atoms. The molecule has 0 radical (unpaired) electrons. The Morgan fingerprint density at radius 1 is 1.00 bits per heavy atom. The van der Waals surface area contributed by atoms with Gasteiger partial charge in [-0.2, -0.15) is 0 Å². The van der Waals surface area contributed by atoms with Gasteiger partial charge in [0, 0.05) is 24.3 Å². The number of carbonyl (C=O) groups excluding carboxylic acids is 1. The molecule has 1 amide bonds. The summed E-state index contributed by atoms with van der Waals surface area (Å²) >= 11 is 0. The Hall–Kier alpha value is -3.18. The monoisotopic (exact) mass is 418 g/mol. The van der Waals surface area contributed by atoms with E-state index in [1.165, 1.54) is 6.07 Å². The smallest absolute Gasteiger partial charge is 0.228 e. The molecule has 5 heteroatoms. The number of nitrogens with zero attached hydrogens (tertiary/aromatic N) is 1. The largest absolute Gasteiger partial charge is 0.489 e.